The number of hydrogen-bond donors (Lipinski definition) is 2. The summed E-state index contributed by atoms with van der Waals surface area (Å²) in [5.74, 6) is -0.244. The third-order valence-corrected chi connectivity index (χ3v) is 6.59. The first-order valence-corrected chi connectivity index (χ1v) is 12.8. The van der Waals surface area contributed by atoms with Crippen molar-refractivity contribution in [1.29, 1.82) is 0 Å². The van der Waals surface area contributed by atoms with Gasteiger partial charge in [-0.1, -0.05) is 60.2 Å². The van der Waals surface area contributed by atoms with Crippen molar-refractivity contribution in [3.8, 4) is 22.5 Å². The molecule has 0 unspecified atom stereocenters. The Balaban J connectivity index is 1.60. The first-order valence-electron chi connectivity index (χ1n) is 12.8. The van der Waals surface area contributed by atoms with Crippen LogP contribution in [-0.2, 0) is 0 Å². The molecule has 0 atom stereocenters. The summed E-state index contributed by atoms with van der Waals surface area (Å²) < 4.78 is 14.0. The first kappa shape index (κ1) is 25.4. The Bertz CT molecular complexity index is 1700. The lowest BCUT2D eigenvalue weighted by Crippen LogP contribution is -2.13. The molecule has 38 heavy (non-hydrogen) atoms. The predicted octanol–water partition coefficient (Wildman–Crippen LogP) is 8.37. The topological polar surface area (TPSA) is 47.7 Å². The van der Waals surface area contributed by atoms with Crippen molar-refractivity contribution in [1.82, 2.24) is 20.1 Å². The molecule has 0 saturated heterocycles. The molecule has 3 aromatic carbocycles. The zero-order valence-electron chi connectivity index (χ0n) is 22.4. The molecule has 192 valence electrons. The van der Waals surface area contributed by atoms with Crippen molar-refractivity contribution in [2.45, 2.75) is 20.3 Å². The monoisotopic (exact) mass is 504 g/mol. The number of aromatic nitrogens is 3. The molecule has 0 saturated carbocycles. The largest absolute Gasteiger partial charge is 0.353 e. The summed E-state index contributed by atoms with van der Waals surface area (Å²) in [6, 6.07) is 21.3. The van der Waals surface area contributed by atoms with Crippen LogP contribution in [0.3, 0.4) is 0 Å². The maximum Gasteiger partial charge on any atom is 0.123 e. The molecule has 5 heteroatoms. The molecule has 0 amide bonds. The number of fused-ring (bicyclic) bond motifs is 2. The average Bonchev–Trinajstić information content (AvgIpc) is 3.49. The number of benzene rings is 3. The molecule has 5 aromatic rings. The first-order chi connectivity index (χ1) is 18.3. The van der Waals surface area contributed by atoms with E-state index in [1.807, 2.05) is 24.3 Å². The second-order valence-electron chi connectivity index (χ2n) is 10.3. The van der Waals surface area contributed by atoms with Gasteiger partial charge in [0.05, 0.1) is 11.2 Å². The van der Waals surface area contributed by atoms with Gasteiger partial charge in [-0.05, 0) is 93.0 Å². The third-order valence-electron chi connectivity index (χ3n) is 6.59. The fourth-order valence-corrected chi connectivity index (χ4v) is 4.94. The number of hydrogen-bond acceptors (Lipinski definition) is 2. The molecule has 0 aliphatic rings. The summed E-state index contributed by atoms with van der Waals surface area (Å²) in [7, 11) is 4.16. The number of rotatable bonds is 8. The molecule has 0 radical (unpaired) electrons. The normalized spacial score (nSPS) is 12.7. The maximum absolute atomic E-state index is 14.0. The lowest BCUT2D eigenvalue weighted by Gasteiger charge is -2.12. The predicted molar refractivity (Wildman–Crippen MR) is 158 cm³/mol. The van der Waals surface area contributed by atoms with E-state index in [4.69, 9.17) is 0 Å². The minimum atomic E-state index is -0.244. The van der Waals surface area contributed by atoms with Gasteiger partial charge in [-0.15, -0.1) is 0 Å². The molecule has 0 bridgehead atoms. The summed E-state index contributed by atoms with van der Waals surface area (Å²) in [5, 5.41) is 9.95. The van der Waals surface area contributed by atoms with Crippen molar-refractivity contribution >= 4 is 27.4 Å². The van der Waals surface area contributed by atoms with Crippen LogP contribution in [-0.4, -0.2) is 40.7 Å². The van der Waals surface area contributed by atoms with Crippen molar-refractivity contribution in [2.24, 2.45) is 0 Å². The number of likely N-dealkylation sites (N-methyl/N-ethyl adjacent to an activating group) is 1. The summed E-state index contributed by atoms with van der Waals surface area (Å²) >= 11 is 0. The highest BCUT2D eigenvalue weighted by atomic mass is 19.1. The van der Waals surface area contributed by atoms with E-state index in [-0.39, 0.29) is 5.82 Å². The van der Waals surface area contributed by atoms with Gasteiger partial charge in [-0.3, -0.25) is 5.10 Å². The average molecular weight is 505 g/mol. The van der Waals surface area contributed by atoms with E-state index in [1.165, 1.54) is 17.2 Å². The lowest BCUT2D eigenvalue weighted by atomic mass is 9.98. The van der Waals surface area contributed by atoms with E-state index < -0.39 is 0 Å². The minimum Gasteiger partial charge on any atom is -0.353 e. The zero-order valence-corrected chi connectivity index (χ0v) is 22.4. The van der Waals surface area contributed by atoms with Gasteiger partial charge in [-0.2, -0.15) is 5.10 Å². The van der Waals surface area contributed by atoms with Gasteiger partial charge >= 0.3 is 0 Å². The van der Waals surface area contributed by atoms with Crippen LogP contribution < -0.4 is 0 Å². The summed E-state index contributed by atoms with van der Waals surface area (Å²) in [6.07, 6.45) is 5.33. The van der Waals surface area contributed by atoms with Crippen molar-refractivity contribution in [3.05, 3.63) is 108 Å². The Morgan fingerprint density at radius 2 is 1.79 bits per heavy atom. The number of halogens is 1. The van der Waals surface area contributed by atoms with Crippen LogP contribution in [0.1, 0.15) is 25.8 Å². The van der Waals surface area contributed by atoms with Crippen molar-refractivity contribution in [3.63, 3.8) is 0 Å². The van der Waals surface area contributed by atoms with E-state index in [1.54, 1.807) is 12.1 Å². The number of H-pyrrole nitrogens is 2. The molecule has 2 N–H and O–H groups in total. The standard InChI is InChI=1S/C33H33FN4/c1-21(2)12-13-23(16-22(3)20-38(4)5)24-14-15-31-29(18-24)33(37-36-31)32-19-28-27(10-7-11-30(28)35-32)25-8-6-9-26(34)17-25/h6-11,13-19,35H,1,12,20H2,2-5H3,(H,36,37)/b22-16+,23-13+. The SMILES string of the molecule is C=C(C)C/C=C(\C=C(/C)CN(C)C)c1ccc2[nH]nc(-c3cc4c(-c5cccc(F)c5)cccc4[nH]3)c2c1. The summed E-state index contributed by atoms with van der Waals surface area (Å²) in [4.78, 5) is 5.71. The molecule has 0 fully saturated rings. The molecule has 0 aliphatic heterocycles. The van der Waals surface area contributed by atoms with Crippen LogP contribution in [0.5, 0.6) is 0 Å². The fraction of sp³-hybridized carbons (Fsp3) is 0.182. The number of nitrogens with one attached hydrogen (secondary N) is 2. The van der Waals surface area contributed by atoms with Crippen LogP contribution in [0, 0.1) is 5.82 Å². The second kappa shape index (κ2) is 10.6. The summed E-state index contributed by atoms with van der Waals surface area (Å²) in [6.45, 7) is 9.20. The third kappa shape index (κ3) is 5.38. The van der Waals surface area contributed by atoms with Gasteiger partial charge in [0.15, 0.2) is 0 Å². The van der Waals surface area contributed by atoms with Gasteiger partial charge in [-0.25, -0.2) is 4.39 Å². The van der Waals surface area contributed by atoms with Crippen molar-refractivity contribution < 1.29 is 4.39 Å². The Kier molecular flexibility index (Phi) is 7.12. The van der Waals surface area contributed by atoms with Crippen LogP contribution in [0.2, 0.25) is 0 Å². The number of nitrogens with zero attached hydrogens (tertiary/aromatic N) is 2. The minimum absolute atomic E-state index is 0.244. The Labute approximate surface area is 223 Å². The molecular formula is C33H33FN4. The van der Waals surface area contributed by atoms with Gasteiger partial charge < -0.3 is 9.88 Å². The summed E-state index contributed by atoms with van der Waals surface area (Å²) in [5.41, 5.74) is 10.3. The van der Waals surface area contributed by atoms with E-state index >= 15 is 0 Å². The van der Waals surface area contributed by atoms with Crippen LogP contribution in [0.25, 0.3) is 49.9 Å². The molecule has 0 spiro atoms. The molecule has 0 aliphatic carbocycles. The number of allylic oxidation sites excluding steroid dienone is 4. The highest BCUT2D eigenvalue weighted by molar-refractivity contribution is 6.01. The van der Waals surface area contributed by atoms with Crippen molar-refractivity contribution in [2.75, 3.05) is 20.6 Å². The van der Waals surface area contributed by atoms with Gasteiger partial charge in [0.2, 0.25) is 0 Å². The Hall–Kier alpha value is -4.22. The quantitative estimate of drug-likeness (QED) is 0.165. The van der Waals surface area contributed by atoms with Gasteiger partial charge in [0.25, 0.3) is 0 Å². The van der Waals surface area contributed by atoms with Crippen LogP contribution >= 0.6 is 0 Å². The van der Waals surface area contributed by atoms with E-state index in [2.05, 4.69) is 91.0 Å². The second-order valence-corrected chi connectivity index (χ2v) is 10.3. The molecule has 2 heterocycles. The highest BCUT2D eigenvalue weighted by Gasteiger charge is 2.15. The van der Waals surface area contributed by atoms with Gasteiger partial charge in [0, 0.05) is 22.8 Å². The Morgan fingerprint density at radius 3 is 2.55 bits per heavy atom. The van der Waals surface area contributed by atoms with Crippen LogP contribution in [0.4, 0.5) is 4.39 Å². The Morgan fingerprint density at radius 1 is 0.974 bits per heavy atom. The van der Waals surface area contributed by atoms with E-state index in [0.29, 0.717) is 0 Å². The number of aromatic amines is 2. The van der Waals surface area contributed by atoms with Crippen LogP contribution in [0.15, 0.2) is 96.6 Å². The molecule has 4 nitrogen and oxygen atoms in total. The highest BCUT2D eigenvalue weighted by Crippen LogP contribution is 2.35. The molecule has 2 aromatic heterocycles. The molecular weight excluding hydrogens is 471 g/mol. The van der Waals surface area contributed by atoms with E-state index in [9.17, 15) is 4.39 Å². The zero-order chi connectivity index (χ0) is 26.8. The maximum atomic E-state index is 14.0. The van der Waals surface area contributed by atoms with Gasteiger partial charge in [0.1, 0.15) is 11.5 Å². The molecule has 5 rings (SSSR count). The van der Waals surface area contributed by atoms with E-state index in [0.717, 1.165) is 68.4 Å². The smallest absolute Gasteiger partial charge is 0.123 e. The fourth-order valence-electron chi connectivity index (χ4n) is 4.94. The lowest BCUT2D eigenvalue weighted by molar-refractivity contribution is 0.445.